The van der Waals surface area contributed by atoms with Gasteiger partial charge in [-0.05, 0) is 79.4 Å². The van der Waals surface area contributed by atoms with Crippen molar-refractivity contribution in [3.05, 3.63) is 77.5 Å². The number of ether oxygens (including phenoxy) is 2. The number of nitrogens with two attached hydrogens (primary N) is 1. The number of carboxylic acids is 1. The molecule has 0 radical (unpaired) electrons. The maximum atomic E-state index is 13.3. The molecule has 0 fully saturated rings. The lowest BCUT2D eigenvalue weighted by molar-refractivity contribution is -0.138. The fourth-order valence-corrected chi connectivity index (χ4v) is 5.44. The summed E-state index contributed by atoms with van der Waals surface area (Å²) < 4.78 is 37.9. The molecule has 0 aliphatic rings. The van der Waals surface area contributed by atoms with E-state index in [0.29, 0.717) is 28.2 Å². The number of hydrogen-bond donors (Lipinski definition) is 3. The molecule has 1 atom stereocenters. The van der Waals surface area contributed by atoms with E-state index < -0.39 is 21.8 Å². The van der Waals surface area contributed by atoms with Gasteiger partial charge in [0, 0.05) is 17.1 Å². The molecule has 1 heterocycles. The highest BCUT2D eigenvalue weighted by atomic mass is 32.2. The Labute approximate surface area is 203 Å². The van der Waals surface area contributed by atoms with Gasteiger partial charge in [0.05, 0.1) is 16.9 Å². The largest absolute Gasteiger partial charge is 0.497 e. The topological polar surface area (TPSA) is 132 Å². The molecular weight excluding hydrogens is 468 g/mol. The van der Waals surface area contributed by atoms with E-state index in [0.717, 1.165) is 16.7 Å². The van der Waals surface area contributed by atoms with Crippen molar-refractivity contribution in [2.75, 3.05) is 7.11 Å². The Morgan fingerprint density at radius 3 is 2.26 bits per heavy atom. The first-order valence-corrected chi connectivity index (χ1v) is 12.3. The number of methoxy groups -OCH3 is 1. The summed E-state index contributed by atoms with van der Waals surface area (Å²) in [6.45, 7) is 3.74. The zero-order valence-electron chi connectivity index (χ0n) is 19.5. The second kappa shape index (κ2) is 9.44. The number of aromatic amines is 1. The lowest BCUT2D eigenvalue weighted by Gasteiger charge is -2.15. The maximum absolute atomic E-state index is 13.3. The third-order valence-corrected chi connectivity index (χ3v) is 7.60. The third kappa shape index (κ3) is 4.87. The predicted molar refractivity (Wildman–Crippen MR) is 132 cm³/mol. The molecule has 182 valence electrons. The Balaban J connectivity index is 1.67. The Morgan fingerprint density at radius 2 is 1.66 bits per heavy atom. The highest BCUT2D eigenvalue weighted by Gasteiger charge is 2.22. The van der Waals surface area contributed by atoms with Crippen LogP contribution >= 0.6 is 0 Å². The van der Waals surface area contributed by atoms with Gasteiger partial charge in [0.15, 0.2) is 0 Å². The standard InChI is InChI=1S/C26H26N2O6S/c1-15-10-17(12-22(27)26(29)30)11-16(2)25(15)34-19-6-9-23-21(13-19)24(14-28-23)35(31,32)20-7-4-18(33-3)5-8-20/h4-11,13-14,22,28H,12,27H2,1-3H3,(H,29,30)/t22-/m0/s1. The van der Waals surface area contributed by atoms with Crippen molar-refractivity contribution < 1.29 is 27.8 Å². The lowest BCUT2D eigenvalue weighted by Crippen LogP contribution is -2.32. The fraction of sp³-hybridized carbons (Fsp3) is 0.192. The number of hydrogen-bond acceptors (Lipinski definition) is 6. The predicted octanol–water partition coefficient (Wildman–Crippen LogP) is 4.37. The molecule has 1 aromatic heterocycles. The molecule has 0 bridgehead atoms. The van der Waals surface area contributed by atoms with E-state index in [9.17, 15) is 13.2 Å². The normalized spacial score (nSPS) is 12.5. The van der Waals surface area contributed by atoms with Crippen LogP contribution in [0.2, 0.25) is 0 Å². The second-order valence-corrected chi connectivity index (χ2v) is 10.3. The van der Waals surface area contributed by atoms with E-state index in [4.69, 9.17) is 20.3 Å². The molecule has 3 aromatic carbocycles. The van der Waals surface area contributed by atoms with Gasteiger partial charge in [-0.2, -0.15) is 0 Å². The summed E-state index contributed by atoms with van der Waals surface area (Å²) in [5.74, 6) is 0.609. The van der Waals surface area contributed by atoms with Crippen molar-refractivity contribution in [2.24, 2.45) is 5.73 Å². The molecule has 0 aliphatic carbocycles. The number of carbonyl (C=O) groups is 1. The average molecular weight is 495 g/mol. The van der Waals surface area contributed by atoms with Gasteiger partial charge in [0.25, 0.3) is 0 Å². The minimum Gasteiger partial charge on any atom is -0.497 e. The van der Waals surface area contributed by atoms with Crippen LogP contribution in [-0.2, 0) is 21.1 Å². The van der Waals surface area contributed by atoms with E-state index >= 15 is 0 Å². The number of carboxylic acid groups (broad SMARTS) is 1. The number of fused-ring (bicyclic) bond motifs is 1. The van der Waals surface area contributed by atoms with Crippen LogP contribution in [0.4, 0.5) is 0 Å². The second-order valence-electron chi connectivity index (χ2n) is 8.35. The van der Waals surface area contributed by atoms with Gasteiger partial charge in [-0.25, -0.2) is 8.42 Å². The van der Waals surface area contributed by atoms with Crippen molar-refractivity contribution in [2.45, 2.75) is 36.1 Å². The number of aromatic nitrogens is 1. The van der Waals surface area contributed by atoms with Crippen LogP contribution in [0, 0.1) is 13.8 Å². The van der Waals surface area contributed by atoms with Gasteiger partial charge in [-0.15, -0.1) is 0 Å². The monoisotopic (exact) mass is 494 g/mol. The Morgan fingerprint density at radius 1 is 1.03 bits per heavy atom. The van der Waals surface area contributed by atoms with E-state index in [1.165, 1.54) is 25.4 Å². The smallest absolute Gasteiger partial charge is 0.320 e. The van der Waals surface area contributed by atoms with Gasteiger partial charge >= 0.3 is 5.97 Å². The summed E-state index contributed by atoms with van der Waals surface area (Å²) in [6.07, 6.45) is 1.68. The molecule has 35 heavy (non-hydrogen) atoms. The van der Waals surface area contributed by atoms with Crippen LogP contribution < -0.4 is 15.2 Å². The Kier molecular flexibility index (Phi) is 6.56. The Hall–Kier alpha value is -3.82. The summed E-state index contributed by atoms with van der Waals surface area (Å²) in [6, 6.07) is 14.2. The van der Waals surface area contributed by atoms with Crippen molar-refractivity contribution in [1.82, 2.24) is 4.98 Å². The summed E-state index contributed by atoms with van der Waals surface area (Å²) in [5, 5.41) is 9.59. The SMILES string of the molecule is COc1ccc(S(=O)(=O)c2c[nH]c3ccc(Oc4c(C)cc(C[C@H](N)C(=O)O)cc4C)cc23)cc1. The fourth-order valence-electron chi connectivity index (χ4n) is 4.02. The van der Waals surface area contributed by atoms with Gasteiger partial charge in [0.2, 0.25) is 9.84 Å². The molecule has 0 aliphatic heterocycles. The zero-order chi connectivity index (χ0) is 25.3. The minimum absolute atomic E-state index is 0.148. The minimum atomic E-state index is -3.78. The molecule has 4 N–H and O–H groups in total. The van der Waals surface area contributed by atoms with Crippen molar-refractivity contribution in [3.63, 3.8) is 0 Å². The highest BCUT2D eigenvalue weighted by molar-refractivity contribution is 7.91. The number of aliphatic carboxylic acids is 1. The number of rotatable bonds is 8. The van der Waals surface area contributed by atoms with Crippen molar-refractivity contribution in [3.8, 4) is 17.2 Å². The number of nitrogens with one attached hydrogen (secondary N) is 1. The summed E-state index contributed by atoms with van der Waals surface area (Å²) in [5.41, 5.74) is 8.77. The Bertz CT molecular complexity index is 1480. The number of sulfone groups is 1. The molecule has 0 unspecified atom stereocenters. The molecule has 8 nitrogen and oxygen atoms in total. The van der Waals surface area contributed by atoms with Gasteiger partial charge in [-0.3, -0.25) is 4.79 Å². The maximum Gasteiger partial charge on any atom is 0.320 e. The van der Waals surface area contributed by atoms with E-state index in [-0.39, 0.29) is 16.2 Å². The van der Waals surface area contributed by atoms with Crippen molar-refractivity contribution in [1.29, 1.82) is 0 Å². The number of H-pyrrole nitrogens is 1. The quantitative estimate of drug-likeness (QED) is 0.331. The summed E-state index contributed by atoms with van der Waals surface area (Å²) in [7, 11) is -2.26. The van der Waals surface area contributed by atoms with Gasteiger partial charge in [0.1, 0.15) is 23.3 Å². The molecule has 4 rings (SSSR count). The van der Waals surface area contributed by atoms with Crippen LogP contribution in [0.15, 0.2) is 70.6 Å². The highest BCUT2D eigenvalue weighted by Crippen LogP contribution is 2.35. The molecule has 0 saturated carbocycles. The van der Waals surface area contributed by atoms with Gasteiger partial charge < -0.3 is 25.3 Å². The first-order chi connectivity index (χ1) is 16.6. The summed E-state index contributed by atoms with van der Waals surface area (Å²) in [4.78, 5) is 14.4. The van der Waals surface area contributed by atoms with E-state index in [1.54, 1.807) is 30.3 Å². The molecule has 0 amide bonds. The molecule has 0 spiro atoms. The number of benzene rings is 3. The molecule has 9 heteroatoms. The number of aryl methyl sites for hydroxylation is 2. The zero-order valence-corrected chi connectivity index (χ0v) is 20.3. The first-order valence-electron chi connectivity index (χ1n) is 10.9. The van der Waals surface area contributed by atoms with E-state index in [2.05, 4.69) is 4.98 Å². The molecule has 0 saturated heterocycles. The van der Waals surface area contributed by atoms with Crippen LogP contribution in [0.5, 0.6) is 17.2 Å². The summed E-state index contributed by atoms with van der Waals surface area (Å²) >= 11 is 0. The lowest BCUT2D eigenvalue weighted by atomic mass is 10.0. The van der Waals surface area contributed by atoms with Crippen LogP contribution in [0.25, 0.3) is 10.9 Å². The molecule has 4 aromatic rings. The van der Waals surface area contributed by atoms with E-state index in [1.807, 2.05) is 26.0 Å². The van der Waals surface area contributed by atoms with Crippen LogP contribution in [-0.4, -0.2) is 37.6 Å². The third-order valence-electron chi connectivity index (χ3n) is 5.79. The average Bonchev–Trinajstić information content (AvgIpc) is 3.25. The van der Waals surface area contributed by atoms with Crippen LogP contribution in [0.3, 0.4) is 0 Å². The molecular formula is C26H26N2O6S. The first kappa shape index (κ1) is 24.3. The van der Waals surface area contributed by atoms with Crippen molar-refractivity contribution >= 4 is 26.7 Å². The van der Waals surface area contributed by atoms with Crippen LogP contribution in [0.1, 0.15) is 16.7 Å². The van der Waals surface area contributed by atoms with Gasteiger partial charge in [-0.1, -0.05) is 12.1 Å².